The van der Waals surface area contributed by atoms with E-state index in [9.17, 15) is 10.1 Å². The molecule has 0 N–H and O–H groups in total. The number of pyridine rings is 2. The van der Waals surface area contributed by atoms with E-state index in [1.807, 2.05) is 39.8 Å². The average Bonchev–Trinajstić information content (AvgIpc) is 3.32. The first-order valence-corrected chi connectivity index (χ1v) is 9.93. The van der Waals surface area contributed by atoms with Gasteiger partial charge in [0, 0.05) is 29.8 Å². The first-order valence-electron chi connectivity index (χ1n) is 9.93. The second-order valence-corrected chi connectivity index (χ2v) is 5.34. The Bertz CT molecular complexity index is 1040. The van der Waals surface area contributed by atoms with Crippen molar-refractivity contribution in [3.05, 3.63) is 66.2 Å². The van der Waals surface area contributed by atoms with Crippen LogP contribution >= 0.6 is 0 Å². The average molecular weight is 422 g/mol. The second-order valence-electron chi connectivity index (χ2n) is 5.34. The number of rotatable bonds is 4. The molecule has 0 unspecified atom stereocenters. The quantitative estimate of drug-likeness (QED) is 0.318. The number of methoxy groups -OCH3 is 1. The van der Waals surface area contributed by atoms with E-state index in [4.69, 9.17) is 4.74 Å². The number of ether oxygens (including phenoxy) is 2. The number of carbonyl (C=O) groups is 1. The van der Waals surface area contributed by atoms with Crippen LogP contribution in [0.15, 0.2) is 55.0 Å². The zero-order valence-electron chi connectivity index (χ0n) is 18.7. The Kier molecular flexibility index (Phi) is 10.7. The van der Waals surface area contributed by atoms with Crippen molar-refractivity contribution in [2.75, 3.05) is 7.11 Å². The van der Waals surface area contributed by atoms with Crippen LogP contribution in [0, 0.1) is 18.3 Å². The van der Waals surface area contributed by atoms with Crippen molar-refractivity contribution >= 4 is 17.6 Å². The van der Waals surface area contributed by atoms with Crippen LogP contribution in [-0.2, 0) is 9.47 Å². The molecule has 0 bridgehead atoms. The molecule has 0 saturated carbocycles. The molecule has 3 aromatic rings. The lowest BCUT2D eigenvalue weighted by Crippen LogP contribution is -2.10. The number of hydrogen-bond donors (Lipinski definition) is 0. The highest BCUT2D eigenvalue weighted by atomic mass is 16.7. The summed E-state index contributed by atoms with van der Waals surface area (Å²) < 4.78 is 11.2. The summed E-state index contributed by atoms with van der Waals surface area (Å²) in [5.74, 6) is 0.00520. The third kappa shape index (κ3) is 6.51. The van der Waals surface area contributed by atoms with Crippen LogP contribution in [-0.4, -0.2) is 33.0 Å². The Labute approximate surface area is 182 Å². The Balaban J connectivity index is 0.00000113. The first kappa shape index (κ1) is 25.0. The van der Waals surface area contributed by atoms with Gasteiger partial charge in [-0.3, -0.25) is 9.97 Å². The highest BCUT2D eigenvalue weighted by Gasteiger charge is 2.20. The summed E-state index contributed by atoms with van der Waals surface area (Å²) >= 11 is 0. The highest BCUT2D eigenvalue weighted by Crippen LogP contribution is 2.26. The first-order chi connectivity index (χ1) is 15.1. The van der Waals surface area contributed by atoms with Crippen LogP contribution < -0.4 is 0 Å². The summed E-state index contributed by atoms with van der Waals surface area (Å²) in [6.07, 6.45) is 3.90. The predicted octanol–water partition coefficient (Wildman–Crippen LogP) is 5.33. The van der Waals surface area contributed by atoms with Crippen molar-refractivity contribution in [3.63, 3.8) is 0 Å². The fraction of sp³-hybridized carbons (Fsp3) is 0.261. The predicted molar refractivity (Wildman–Crippen MR) is 119 cm³/mol. The normalized spacial score (nSPS) is 10.2. The third-order valence-electron chi connectivity index (χ3n) is 3.67. The zero-order valence-corrected chi connectivity index (χ0v) is 18.7. The molecular weight excluding hydrogens is 394 g/mol. The van der Waals surface area contributed by atoms with Gasteiger partial charge in [-0.1, -0.05) is 33.8 Å². The van der Waals surface area contributed by atoms with E-state index in [0.717, 1.165) is 0 Å². The molecule has 0 aliphatic heterocycles. The van der Waals surface area contributed by atoms with E-state index in [1.54, 1.807) is 55.8 Å². The van der Waals surface area contributed by atoms with Gasteiger partial charge in [0.2, 0.25) is 0 Å². The summed E-state index contributed by atoms with van der Waals surface area (Å²) in [5.41, 5.74) is 2.31. The molecule has 3 rings (SSSR count). The van der Waals surface area contributed by atoms with Crippen molar-refractivity contribution in [1.82, 2.24) is 19.7 Å². The Morgan fingerprint density at radius 3 is 2.29 bits per heavy atom. The second kappa shape index (κ2) is 13.3. The number of aromatic nitrogens is 4. The van der Waals surface area contributed by atoms with Crippen molar-refractivity contribution < 1.29 is 14.3 Å². The largest absolute Gasteiger partial charge is 0.513 e. The molecule has 3 heterocycles. The van der Waals surface area contributed by atoms with Gasteiger partial charge in [-0.05, 0) is 37.3 Å². The number of hydrogen-bond acceptors (Lipinski definition) is 7. The maximum Gasteiger partial charge on any atom is 0.513 e. The van der Waals surface area contributed by atoms with Crippen LogP contribution in [0.25, 0.3) is 22.8 Å². The van der Waals surface area contributed by atoms with Gasteiger partial charge in [-0.25, -0.2) is 9.48 Å². The fourth-order valence-corrected chi connectivity index (χ4v) is 2.39. The lowest BCUT2D eigenvalue weighted by molar-refractivity contribution is 0.112. The van der Waals surface area contributed by atoms with Gasteiger partial charge in [-0.15, -0.1) is 0 Å². The van der Waals surface area contributed by atoms with Crippen molar-refractivity contribution in [2.45, 2.75) is 34.6 Å². The maximum absolute atomic E-state index is 11.7. The summed E-state index contributed by atoms with van der Waals surface area (Å²) in [6.45, 7) is 9.74. The van der Waals surface area contributed by atoms with Crippen molar-refractivity contribution in [3.8, 4) is 17.5 Å². The molecule has 0 fully saturated rings. The SMILES string of the molecule is CC.CC.COC(=O)O/C(=C(/C#N)n1ccc(-c2ccccn2)n1)c1cccnc1C. The summed E-state index contributed by atoms with van der Waals surface area (Å²) in [5, 5.41) is 14.1. The van der Waals surface area contributed by atoms with Gasteiger partial charge < -0.3 is 9.47 Å². The van der Waals surface area contributed by atoms with Gasteiger partial charge in [0.15, 0.2) is 11.5 Å². The summed E-state index contributed by atoms with van der Waals surface area (Å²) in [4.78, 5) is 20.2. The molecule has 0 aliphatic rings. The summed E-state index contributed by atoms with van der Waals surface area (Å²) in [7, 11) is 1.19. The molecule has 0 amide bonds. The highest BCUT2D eigenvalue weighted by molar-refractivity contribution is 5.90. The lowest BCUT2D eigenvalue weighted by atomic mass is 10.1. The zero-order chi connectivity index (χ0) is 23.2. The standard InChI is InChI=1S/C19H15N5O3.2C2H6/c1-13-14(6-5-10-21-13)18(27-19(25)26-2)17(12-20)24-11-8-16(23-24)15-7-3-4-9-22-15;2*1-2/h3-11H,1-2H3;2*1-2H3/b18-17-;;. The van der Waals surface area contributed by atoms with Gasteiger partial charge in [0.05, 0.1) is 12.8 Å². The van der Waals surface area contributed by atoms with Crippen LogP contribution in [0.2, 0.25) is 0 Å². The number of allylic oxidation sites excluding steroid dienone is 1. The Morgan fingerprint density at radius 1 is 1.00 bits per heavy atom. The topological polar surface area (TPSA) is 103 Å². The van der Waals surface area contributed by atoms with Gasteiger partial charge in [-0.2, -0.15) is 10.4 Å². The van der Waals surface area contributed by atoms with Crippen molar-refractivity contribution in [1.29, 1.82) is 5.26 Å². The minimum absolute atomic E-state index is 0.00520. The van der Waals surface area contributed by atoms with E-state index < -0.39 is 6.16 Å². The lowest BCUT2D eigenvalue weighted by Gasteiger charge is -2.12. The Hall–Kier alpha value is -3.99. The summed E-state index contributed by atoms with van der Waals surface area (Å²) in [6, 6.07) is 12.6. The molecule has 8 heteroatoms. The number of nitriles is 1. The van der Waals surface area contributed by atoms with Crippen LogP contribution in [0.3, 0.4) is 0 Å². The molecular formula is C23H27N5O3. The minimum atomic E-state index is -0.946. The van der Waals surface area contributed by atoms with Gasteiger partial charge in [0.1, 0.15) is 11.8 Å². The van der Waals surface area contributed by atoms with Gasteiger partial charge >= 0.3 is 6.16 Å². The van der Waals surface area contributed by atoms with E-state index in [1.165, 1.54) is 11.8 Å². The maximum atomic E-state index is 11.7. The molecule has 0 aromatic carbocycles. The Morgan fingerprint density at radius 2 is 1.71 bits per heavy atom. The van der Waals surface area contributed by atoms with E-state index >= 15 is 0 Å². The van der Waals surface area contributed by atoms with Crippen LogP contribution in [0.4, 0.5) is 4.79 Å². The molecule has 0 atom stereocenters. The van der Waals surface area contributed by atoms with Crippen LogP contribution in [0.5, 0.6) is 0 Å². The molecule has 0 saturated heterocycles. The smallest absolute Gasteiger partial charge is 0.437 e. The molecule has 8 nitrogen and oxygen atoms in total. The van der Waals surface area contributed by atoms with E-state index in [2.05, 4.69) is 19.8 Å². The minimum Gasteiger partial charge on any atom is -0.437 e. The number of nitrogens with zero attached hydrogens (tertiary/aromatic N) is 5. The molecule has 162 valence electrons. The molecule has 0 aliphatic carbocycles. The molecule has 0 spiro atoms. The van der Waals surface area contributed by atoms with Crippen LogP contribution in [0.1, 0.15) is 39.0 Å². The van der Waals surface area contributed by atoms with E-state index in [0.29, 0.717) is 22.6 Å². The third-order valence-corrected chi connectivity index (χ3v) is 3.67. The number of carbonyl (C=O) groups excluding carboxylic acids is 1. The monoisotopic (exact) mass is 421 g/mol. The van der Waals surface area contributed by atoms with Crippen molar-refractivity contribution in [2.24, 2.45) is 0 Å². The molecule has 3 aromatic heterocycles. The fourth-order valence-electron chi connectivity index (χ4n) is 2.39. The van der Waals surface area contributed by atoms with Gasteiger partial charge in [0.25, 0.3) is 0 Å². The van der Waals surface area contributed by atoms with E-state index in [-0.39, 0.29) is 11.5 Å². The molecule has 0 radical (unpaired) electrons. The molecule has 31 heavy (non-hydrogen) atoms. The number of aryl methyl sites for hydroxylation is 1.